The fourth-order valence-electron chi connectivity index (χ4n) is 2.20. The van der Waals surface area contributed by atoms with E-state index in [0.29, 0.717) is 19.3 Å². The smallest absolute Gasteiger partial charge is 0.312 e. The van der Waals surface area contributed by atoms with Crippen LogP contribution in [0.5, 0.6) is 0 Å². The van der Waals surface area contributed by atoms with Crippen LogP contribution in [0.2, 0.25) is 0 Å². The van der Waals surface area contributed by atoms with Crippen molar-refractivity contribution in [1.82, 2.24) is 0 Å². The highest BCUT2D eigenvalue weighted by Gasteiger charge is 2.59. The normalized spacial score (nSPS) is 45.1. The summed E-state index contributed by atoms with van der Waals surface area (Å²) in [5, 5.41) is 8.90. The summed E-state index contributed by atoms with van der Waals surface area (Å²) in [6.07, 6.45) is 1.47. The van der Waals surface area contributed by atoms with Crippen LogP contribution in [0.4, 0.5) is 4.39 Å². The Bertz CT molecular complexity index is 218. The van der Waals surface area contributed by atoms with Gasteiger partial charge in [-0.15, -0.1) is 0 Å². The second-order valence-corrected chi connectivity index (χ2v) is 3.87. The summed E-state index contributed by atoms with van der Waals surface area (Å²) in [7, 11) is 0. The Balaban J connectivity index is 2.23. The topological polar surface area (TPSA) is 46.5 Å². The standard InChI is InChI=1S/C8H11FO3/c9-4-8-2-1-7(3-8,5-12-8)6(10)11/h1-5H2,(H,10,11). The maximum Gasteiger partial charge on any atom is 0.312 e. The van der Waals surface area contributed by atoms with Crippen molar-refractivity contribution in [2.75, 3.05) is 13.3 Å². The van der Waals surface area contributed by atoms with E-state index in [-0.39, 0.29) is 6.61 Å². The van der Waals surface area contributed by atoms with Crippen molar-refractivity contribution >= 4 is 5.97 Å². The summed E-state index contributed by atoms with van der Waals surface area (Å²) < 4.78 is 17.7. The van der Waals surface area contributed by atoms with E-state index >= 15 is 0 Å². The van der Waals surface area contributed by atoms with Crippen molar-refractivity contribution in [2.45, 2.75) is 24.9 Å². The maximum absolute atomic E-state index is 12.5. The lowest BCUT2D eigenvalue weighted by atomic mass is 9.88. The molecule has 1 N–H and O–H groups in total. The number of ether oxygens (including phenoxy) is 1. The number of rotatable bonds is 2. The van der Waals surface area contributed by atoms with Gasteiger partial charge in [0.25, 0.3) is 0 Å². The van der Waals surface area contributed by atoms with Gasteiger partial charge in [-0.3, -0.25) is 4.79 Å². The predicted molar refractivity (Wildman–Crippen MR) is 38.6 cm³/mol. The lowest BCUT2D eigenvalue weighted by Gasteiger charge is -2.23. The molecule has 4 heteroatoms. The molecular weight excluding hydrogens is 163 g/mol. The van der Waals surface area contributed by atoms with Crippen LogP contribution in [0.3, 0.4) is 0 Å². The lowest BCUT2D eigenvalue weighted by Crippen LogP contribution is -2.31. The van der Waals surface area contributed by atoms with E-state index in [1.807, 2.05) is 0 Å². The lowest BCUT2D eigenvalue weighted by molar-refractivity contribution is -0.150. The molecule has 2 aliphatic rings. The molecule has 0 radical (unpaired) electrons. The molecule has 1 saturated heterocycles. The van der Waals surface area contributed by atoms with Crippen molar-refractivity contribution in [3.63, 3.8) is 0 Å². The molecule has 2 fully saturated rings. The van der Waals surface area contributed by atoms with Crippen molar-refractivity contribution in [1.29, 1.82) is 0 Å². The van der Waals surface area contributed by atoms with Crippen molar-refractivity contribution < 1.29 is 19.0 Å². The second kappa shape index (κ2) is 2.19. The minimum absolute atomic E-state index is 0.187. The van der Waals surface area contributed by atoms with Gasteiger partial charge in [0, 0.05) is 0 Å². The Morgan fingerprint density at radius 1 is 1.58 bits per heavy atom. The van der Waals surface area contributed by atoms with Crippen molar-refractivity contribution in [3.8, 4) is 0 Å². The van der Waals surface area contributed by atoms with E-state index in [9.17, 15) is 9.18 Å². The highest BCUT2D eigenvalue weighted by molar-refractivity contribution is 5.76. The van der Waals surface area contributed by atoms with Gasteiger partial charge in [0.2, 0.25) is 0 Å². The van der Waals surface area contributed by atoms with Gasteiger partial charge in [0.05, 0.1) is 17.6 Å². The summed E-state index contributed by atoms with van der Waals surface area (Å²) in [4.78, 5) is 10.8. The van der Waals surface area contributed by atoms with E-state index in [1.54, 1.807) is 0 Å². The molecule has 68 valence electrons. The molecule has 1 heterocycles. The minimum atomic E-state index is -0.838. The zero-order valence-corrected chi connectivity index (χ0v) is 6.68. The Morgan fingerprint density at radius 3 is 2.58 bits per heavy atom. The molecule has 0 aromatic heterocycles. The number of aliphatic carboxylic acids is 1. The predicted octanol–water partition coefficient (Wildman–Crippen LogP) is 0.980. The first-order valence-electron chi connectivity index (χ1n) is 4.06. The fraction of sp³-hybridized carbons (Fsp3) is 0.875. The van der Waals surface area contributed by atoms with Gasteiger partial charge in [0.1, 0.15) is 6.67 Å². The molecule has 0 amide bonds. The number of hydrogen-bond donors (Lipinski definition) is 1. The first-order valence-corrected chi connectivity index (χ1v) is 4.06. The largest absolute Gasteiger partial charge is 0.481 e. The van der Waals surface area contributed by atoms with Crippen LogP contribution in [0.15, 0.2) is 0 Å². The third-order valence-electron chi connectivity index (χ3n) is 3.07. The van der Waals surface area contributed by atoms with Gasteiger partial charge in [-0.05, 0) is 19.3 Å². The molecule has 1 aliphatic carbocycles. The number of halogens is 1. The number of carboxylic acid groups (broad SMARTS) is 1. The summed E-state index contributed by atoms with van der Waals surface area (Å²) >= 11 is 0. The molecule has 0 aromatic rings. The zero-order chi connectivity index (χ0) is 8.82. The van der Waals surface area contributed by atoms with E-state index < -0.39 is 23.7 Å². The van der Waals surface area contributed by atoms with Crippen LogP contribution in [0.1, 0.15) is 19.3 Å². The Hall–Kier alpha value is -0.640. The van der Waals surface area contributed by atoms with E-state index in [0.717, 1.165) is 0 Å². The van der Waals surface area contributed by atoms with Crippen LogP contribution >= 0.6 is 0 Å². The van der Waals surface area contributed by atoms with E-state index in [1.165, 1.54) is 0 Å². The second-order valence-electron chi connectivity index (χ2n) is 3.87. The summed E-state index contributed by atoms with van der Waals surface area (Å²) in [5.41, 5.74) is -1.52. The highest BCUT2D eigenvalue weighted by Crippen LogP contribution is 2.53. The fourth-order valence-corrected chi connectivity index (χ4v) is 2.20. The van der Waals surface area contributed by atoms with Crippen LogP contribution in [0.25, 0.3) is 0 Å². The molecular formula is C8H11FO3. The van der Waals surface area contributed by atoms with Crippen LogP contribution < -0.4 is 0 Å². The molecule has 2 atom stereocenters. The van der Waals surface area contributed by atoms with Crippen molar-refractivity contribution in [2.24, 2.45) is 5.41 Å². The van der Waals surface area contributed by atoms with Gasteiger partial charge in [-0.25, -0.2) is 4.39 Å². The maximum atomic E-state index is 12.5. The number of alkyl halides is 1. The van der Waals surface area contributed by atoms with Gasteiger partial charge in [-0.2, -0.15) is 0 Å². The first kappa shape index (κ1) is 7.98. The Labute approximate surface area is 69.5 Å². The van der Waals surface area contributed by atoms with E-state index in [2.05, 4.69) is 0 Å². The van der Waals surface area contributed by atoms with Crippen LogP contribution in [0, 0.1) is 5.41 Å². The molecule has 1 saturated carbocycles. The third-order valence-corrected chi connectivity index (χ3v) is 3.07. The van der Waals surface area contributed by atoms with Crippen LogP contribution in [-0.2, 0) is 9.53 Å². The Kier molecular flexibility index (Phi) is 1.46. The third kappa shape index (κ3) is 0.813. The molecule has 3 nitrogen and oxygen atoms in total. The average molecular weight is 174 g/mol. The first-order chi connectivity index (χ1) is 5.63. The summed E-state index contributed by atoms with van der Waals surface area (Å²) in [6, 6.07) is 0. The zero-order valence-electron chi connectivity index (χ0n) is 6.68. The molecule has 12 heavy (non-hydrogen) atoms. The highest BCUT2D eigenvalue weighted by atomic mass is 19.1. The summed E-state index contributed by atoms with van der Waals surface area (Å²) in [5.74, 6) is -0.838. The minimum Gasteiger partial charge on any atom is -0.481 e. The van der Waals surface area contributed by atoms with Gasteiger partial charge in [-0.1, -0.05) is 0 Å². The Morgan fingerprint density at radius 2 is 2.33 bits per heavy atom. The number of hydrogen-bond acceptors (Lipinski definition) is 2. The number of carbonyl (C=O) groups is 1. The van der Waals surface area contributed by atoms with Crippen LogP contribution in [-0.4, -0.2) is 30.0 Å². The van der Waals surface area contributed by atoms with Gasteiger partial charge >= 0.3 is 5.97 Å². The van der Waals surface area contributed by atoms with Gasteiger partial charge < -0.3 is 9.84 Å². The summed E-state index contributed by atoms with van der Waals surface area (Å²) in [6.45, 7) is -0.367. The molecule has 0 spiro atoms. The van der Waals surface area contributed by atoms with E-state index in [4.69, 9.17) is 9.84 Å². The molecule has 2 rings (SSSR count). The monoisotopic (exact) mass is 174 g/mol. The average Bonchev–Trinajstić information content (AvgIpc) is 2.61. The molecule has 2 bridgehead atoms. The van der Waals surface area contributed by atoms with Crippen molar-refractivity contribution in [3.05, 3.63) is 0 Å². The molecule has 2 unspecified atom stereocenters. The molecule has 0 aromatic carbocycles. The molecule has 1 aliphatic heterocycles. The number of carboxylic acids is 1. The van der Waals surface area contributed by atoms with Gasteiger partial charge in [0.15, 0.2) is 0 Å². The number of fused-ring (bicyclic) bond motifs is 2. The quantitative estimate of drug-likeness (QED) is 0.678. The SMILES string of the molecule is O=C(O)C12CCC(CF)(C1)OC2.